The molecule has 2 atom stereocenters. The maximum Gasteiger partial charge on any atom is 0.404 e. The molecule has 0 saturated heterocycles. The molecule has 0 aromatic rings. The lowest BCUT2D eigenvalue weighted by Gasteiger charge is -2.24. The van der Waals surface area contributed by atoms with E-state index in [9.17, 15) is 9.59 Å². The molecule has 14 heavy (non-hydrogen) atoms. The van der Waals surface area contributed by atoms with Crippen LogP contribution in [0.3, 0.4) is 0 Å². The number of hydrogen-bond acceptors (Lipinski definition) is 3. The summed E-state index contributed by atoms with van der Waals surface area (Å²) in [6.07, 6.45) is 3.19. The van der Waals surface area contributed by atoms with Gasteiger partial charge in [0, 0.05) is 6.42 Å². The van der Waals surface area contributed by atoms with Crippen molar-refractivity contribution < 1.29 is 14.3 Å². The molecule has 1 saturated carbocycles. The second-order valence-corrected chi connectivity index (χ2v) is 3.57. The third-order valence-electron chi connectivity index (χ3n) is 2.56. The first kappa shape index (κ1) is 10.8. The van der Waals surface area contributed by atoms with Crippen LogP contribution >= 0.6 is 0 Å². The first-order valence-corrected chi connectivity index (χ1v) is 4.71. The van der Waals surface area contributed by atoms with Gasteiger partial charge in [-0.15, -0.1) is 6.58 Å². The zero-order valence-electron chi connectivity index (χ0n) is 8.07. The summed E-state index contributed by atoms with van der Waals surface area (Å²) in [5.41, 5.74) is 4.82. The van der Waals surface area contributed by atoms with E-state index in [1.165, 1.54) is 0 Å². The van der Waals surface area contributed by atoms with Crippen molar-refractivity contribution in [1.82, 2.24) is 0 Å². The highest BCUT2D eigenvalue weighted by atomic mass is 16.5. The van der Waals surface area contributed by atoms with Crippen LogP contribution < -0.4 is 5.73 Å². The number of ether oxygens (including phenoxy) is 1. The summed E-state index contributed by atoms with van der Waals surface area (Å²) < 4.78 is 4.61. The fraction of sp³-hybridized carbons (Fsp3) is 0.600. The molecule has 4 heteroatoms. The van der Waals surface area contributed by atoms with Crippen LogP contribution in [0.15, 0.2) is 12.7 Å². The van der Waals surface area contributed by atoms with Crippen molar-refractivity contribution in [2.45, 2.75) is 19.3 Å². The van der Waals surface area contributed by atoms with Crippen LogP contribution in [0.5, 0.6) is 0 Å². The highest BCUT2D eigenvalue weighted by Gasteiger charge is 2.27. The summed E-state index contributed by atoms with van der Waals surface area (Å²) in [5.74, 6) is 0.258. The van der Waals surface area contributed by atoms with Crippen LogP contribution in [0.2, 0.25) is 0 Å². The summed E-state index contributed by atoms with van der Waals surface area (Å²) in [6, 6.07) is 0. The van der Waals surface area contributed by atoms with Gasteiger partial charge in [-0.2, -0.15) is 0 Å². The largest absolute Gasteiger partial charge is 0.449 e. The van der Waals surface area contributed by atoms with E-state index in [2.05, 4.69) is 11.3 Å². The molecule has 1 rings (SSSR count). The number of amides is 1. The number of Topliss-reactive ketones (excluding diaryl/α,β-unsaturated/α-hetero) is 1. The highest BCUT2D eigenvalue weighted by molar-refractivity contribution is 5.82. The van der Waals surface area contributed by atoms with Gasteiger partial charge in [-0.3, -0.25) is 4.79 Å². The minimum atomic E-state index is -0.816. The van der Waals surface area contributed by atoms with E-state index < -0.39 is 6.09 Å². The molecule has 0 aromatic carbocycles. The molecule has 1 unspecified atom stereocenters. The molecule has 4 nitrogen and oxygen atoms in total. The second-order valence-electron chi connectivity index (χ2n) is 3.57. The number of carbonyl (C=O) groups excluding carboxylic acids is 2. The predicted octanol–water partition coefficient (Wildman–Crippen LogP) is 1.25. The van der Waals surface area contributed by atoms with E-state index in [0.717, 1.165) is 12.8 Å². The van der Waals surface area contributed by atoms with Crippen LogP contribution in [0.25, 0.3) is 0 Å². The molecule has 0 heterocycles. The molecular weight excluding hydrogens is 182 g/mol. The monoisotopic (exact) mass is 197 g/mol. The Balaban J connectivity index is 2.38. The van der Waals surface area contributed by atoms with Crippen LogP contribution in [0.4, 0.5) is 4.79 Å². The van der Waals surface area contributed by atoms with E-state index in [0.29, 0.717) is 6.42 Å². The minimum Gasteiger partial charge on any atom is -0.449 e. The third kappa shape index (κ3) is 2.87. The Morgan fingerprint density at radius 3 is 2.86 bits per heavy atom. The molecule has 1 amide bonds. The zero-order chi connectivity index (χ0) is 10.6. The van der Waals surface area contributed by atoms with Crippen molar-refractivity contribution in [3.63, 3.8) is 0 Å². The van der Waals surface area contributed by atoms with Gasteiger partial charge in [-0.05, 0) is 18.8 Å². The smallest absolute Gasteiger partial charge is 0.404 e. The highest BCUT2D eigenvalue weighted by Crippen LogP contribution is 2.26. The topological polar surface area (TPSA) is 69.4 Å². The van der Waals surface area contributed by atoms with Gasteiger partial charge in [0.1, 0.15) is 12.4 Å². The van der Waals surface area contributed by atoms with Crippen LogP contribution in [-0.4, -0.2) is 18.5 Å². The molecule has 0 bridgehead atoms. The first-order valence-electron chi connectivity index (χ1n) is 4.71. The Morgan fingerprint density at radius 1 is 1.64 bits per heavy atom. The number of ketones is 1. The Kier molecular flexibility index (Phi) is 3.68. The lowest BCUT2D eigenvalue weighted by molar-refractivity contribution is -0.126. The molecule has 0 aromatic heterocycles. The number of primary amides is 1. The molecule has 78 valence electrons. The molecule has 1 aliphatic carbocycles. The van der Waals surface area contributed by atoms with E-state index in [-0.39, 0.29) is 24.2 Å². The minimum absolute atomic E-state index is 0.123. The Bertz CT molecular complexity index is 250. The lowest BCUT2D eigenvalue weighted by Crippen LogP contribution is -2.29. The second kappa shape index (κ2) is 4.79. The van der Waals surface area contributed by atoms with Gasteiger partial charge < -0.3 is 10.5 Å². The van der Waals surface area contributed by atoms with Crippen molar-refractivity contribution >= 4 is 11.9 Å². The normalized spacial score (nSPS) is 27.0. The predicted molar refractivity (Wildman–Crippen MR) is 51.6 cm³/mol. The van der Waals surface area contributed by atoms with Gasteiger partial charge in [0.2, 0.25) is 0 Å². The molecule has 0 radical (unpaired) electrons. The SMILES string of the molecule is C=C[C@@H]1CCC(COC(N)=O)C(=O)C1. The van der Waals surface area contributed by atoms with Gasteiger partial charge in [0.25, 0.3) is 0 Å². The summed E-state index contributed by atoms with van der Waals surface area (Å²) in [4.78, 5) is 21.8. The third-order valence-corrected chi connectivity index (χ3v) is 2.56. The van der Waals surface area contributed by atoms with E-state index in [1.54, 1.807) is 0 Å². The molecule has 1 aliphatic rings. The van der Waals surface area contributed by atoms with Crippen molar-refractivity contribution in [2.75, 3.05) is 6.61 Å². The van der Waals surface area contributed by atoms with Crippen molar-refractivity contribution in [2.24, 2.45) is 17.6 Å². The molecule has 1 fully saturated rings. The van der Waals surface area contributed by atoms with E-state index in [4.69, 9.17) is 5.73 Å². The van der Waals surface area contributed by atoms with Crippen molar-refractivity contribution in [1.29, 1.82) is 0 Å². The van der Waals surface area contributed by atoms with Gasteiger partial charge in [0.15, 0.2) is 0 Å². The summed E-state index contributed by atoms with van der Waals surface area (Å²) in [5, 5.41) is 0. The quantitative estimate of drug-likeness (QED) is 0.692. The Morgan fingerprint density at radius 2 is 2.36 bits per heavy atom. The molecule has 2 N–H and O–H groups in total. The fourth-order valence-corrected chi connectivity index (χ4v) is 1.66. The van der Waals surface area contributed by atoms with Crippen LogP contribution in [-0.2, 0) is 9.53 Å². The fourth-order valence-electron chi connectivity index (χ4n) is 1.66. The molecular formula is C10H15NO3. The van der Waals surface area contributed by atoms with Crippen molar-refractivity contribution in [3.05, 3.63) is 12.7 Å². The van der Waals surface area contributed by atoms with Gasteiger partial charge in [-0.25, -0.2) is 4.79 Å². The van der Waals surface area contributed by atoms with E-state index in [1.807, 2.05) is 6.08 Å². The van der Waals surface area contributed by atoms with Crippen molar-refractivity contribution in [3.8, 4) is 0 Å². The molecule has 0 aliphatic heterocycles. The Hall–Kier alpha value is -1.32. The lowest BCUT2D eigenvalue weighted by atomic mass is 9.81. The maximum atomic E-state index is 11.5. The number of hydrogen-bond donors (Lipinski definition) is 1. The van der Waals surface area contributed by atoms with Crippen LogP contribution in [0, 0.1) is 11.8 Å². The summed E-state index contributed by atoms with van der Waals surface area (Å²) >= 11 is 0. The number of nitrogens with two attached hydrogens (primary N) is 1. The molecule has 0 spiro atoms. The number of carbonyl (C=O) groups is 2. The van der Waals surface area contributed by atoms with Gasteiger partial charge in [0.05, 0.1) is 5.92 Å². The standard InChI is InChI=1S/C10H15NO3/c1-2-7-3-4-8(9(12)5-7)6-14-10(11)13/h2,7-8H,1,3-6H2,(H2,11,13)/t7-,8?/m1/s1. The number of rotatable bonds is 3. The summed E-state index contributed by atoms with van der Waals surface area (Å²) in [6.45, 7) is 3.78. The maximum absolute atomic E-state index is 11.5. The zero-order valence-corrected chi connectivity index (χ0v) is 8.07. The Labute approximate surface area is 83.1 Å². The first-order chi connectivity index (χ1) is 6.63. The average molecular weight is 197 g/mol. The van der Waals surface area contributed by atoms with Gasteiger partial charge in [-0.1, -0.05) is 6.08 Å². The average Bonchev–Trinajstić information content (AvgIpc) is 2.15. The van der Waals surface area contributed by atoms with E-state index >= 15 is 0 Å². The van der Waals surface area contributed by atoms with Gasteiger partial charge >= 0.3 is 6.09 Å². The summed E-state index contributed by atoms with van der Waals surface area (Å²) in [7, 11) is 0. The van der Waals surface area contributed by atoms with Crippen LogP contribution in [0.1, 0.15) is 19.3 Å². The number of allylic oxidation sites excluding steroid dienone is 1.